The fourth-order valence-corrected chi connectivity index (χ4v) is 4.66. The van der Waals surface area contributed by atoms with Crippen molar-refractivity contribution in [2.75, 3.05) is 11.7 Å². The van der Waals surface area contributed by atoms with E-state index in [0.717, 1.165) is 0 Å². The molecule has 0 saturated carbocycles. The van der Waals surface area contributed by atoms with Gasteiger partial charge < -0.3 is 0 Å². The molecule has 0 amide bonds. The minimum Gasteiger partial charge on any atom is -0.288 e. The van der Waals surface area contributed by atoms with E-state index in [2.05, 4.69) is 20.4 Å². The minimum atomic E-state index is -4.51. The number of aromatic nitrogens is 1. The molecule has 30 heavy (non-hydrogen) atoms. The van der Waals surface area contributed by atoms with Crippen LogP contribution in [0.3, 0.4) is 0 Å². The van der Waals surface area contributed by atoms with Crippen molar-refractivity contribution in [3.8, 4) is 6.07 Å². The third-order valence-electron chi connectivity index (χ3n) is 4.95. The summed E-state index contributed by atoms with van der Waals surface area (Å²) in [6.45, 7) is 0.366. The van der Waals surface area contributed by atoms with Crippen LogP contribution in [0.1, 0.15) is 28.7 Å². The number of hydrogen-bond donors (Lipinski definition) is 1. The van der Waals surface area contributed by atoms with Gasteiger partial charge in [-0.05, 0) is 58.0 Å². The third-order valence-corrected chi connectivity index (χ3v) is 5.70. The lowest BCUT2D eigenvalue weighted by Crippen LogP contribution is -2.32. The Labute approximate surface area is 188 Å². The molecule has 11 heteroatoms. The highest BCUT2D eigenvalue weighted by atomic mass is 127. The zero-order valence-electron chi connectivity index (χ0n) is 15.1. The second-order valence-corrected chi connectivity index (χ2v) is 8.25. The van der Waals surface area contributed by atoms with Gasteiger partial charge in [-0.2, -0.15) is 18.4 Å². The van der Waals surface area contributed by atoms with Crippen molar-refractivity contribution in [2.24, 2.45) is 15.9 Å². The molecule has 3 unspecified atom stereocenters. The van der Waals surface area contributed by atoms with Crippen molar-refractivity contribution in [2.45, 2.75) is 18.1 Å². The predicted molar refractivity (Wildman–Crippen MR) is 116 cm³/mol. The molecule has 0 bridgehead atoms. The summed E-state index contributed by atoms with van der Waals surface area (Å²) in [4.78, 5) is 12.2. The standard InChI is InChI=1S/C19H13ClF3IN6/c20-15-4-11(5-16(24)29-15)13-7-27-18(17(13)19(21,22)23)10-1-2-14(12(3-10)6-25)30-9-26-8-28-30/h1-5,7,9,13,17-18,28H,8H2. The van der Waals surface area contributed by atoms with Gasteiger partial charge in [-0.15, -0.1) is 0 Å². The molecule has 154 valence electrons. The van der Waals surface area contributed by atoms with Crippen molar-refractivity contribution >= 4 is 52.4 Å². The second kappa shape index (κ2) is 8.13. The lowest BCUT2D eigenvalue weighted by molar-refractivity contribution is -0.179. The Kier molecular flexibility index (Phi) is 5.69. The Morgan fingerprint density at radius 3 is 2.67 bits per heavy atom. The summed E-state index contributed by atoms with van der Waals surface area (Å²) in [6.07, 6.45) is -1.67. The normalized spacial score (nSPS) is 23.2. The first-order valence-corrected chi connectivity index (χ1v) is 10.2. The zero-order chi connectivity index (χ0) is 21.5. The topological polar surface area (TPSA) is 76.7 Å². The molecule has 0 fully saturated rings. The number of halogens is 5. The van der Waals surface area contributed by atoms with Crippen LogP contribution >= 0.6 is 34.2 Å². The number of nitrogens with one attached hydrogen (secondary N) is 1. The van der Waals surface area contributed by atoms with Crippen molar-refractivity contribution in [3.05, 3.63) is 55.9 Å². The van der Waals surface area contributed by atoms with Crippen LogP contribution in [0, 0.1) is 20.9 Å². The van der Waals surface area contributed by atoms with Gasteiger partial charge in [-0.1, -0.05) is 17.7 Å². The fraction of sp³-hybridized carbons (Fsp3) is 0.263. The van der Waals surface area contributed by atoms with Crippen LogP contribution in [0.5, 0.6) is 0 Å². The van der Waals surface area contributed by atoms with Crippen LogP contribution in [-0.4, -0.2) is 30.4 Å². The largest absolute Gasteiger partial charge is 0.395 e. The highest BCUT2D eigenvalue weighted by Crippen LogP contribution is 2.50. The van der Waals surface area contributed by atoms with Gasteiger partial charge in [0.1, 0.15) is 27.9 Å². The van der Waals surface area contributed by atoms with E-state index in [0.29, 0.717) is 27.2 Å². The molecule has 1 aromatic carbocycles. The summed E-state index contributed by atoms with van der Waals surface area (Å²) >= 11 is 7.88. The number of rotatable bonds is 3. The smallest absolute Gasteiger partial charge is 0.288 e. The lowest BCUT2D eigenvalue weighted by atomic mass is 9.82. The summed E-state index contributed by atoms with van der Waals surface area (Å²) in [5.74, 6) is -2.78. The quantitative estimate of drug-likeness (QED) is 0.452. The number of hydrazine groups is 1. The summed E-state index contributed by atoms with van der Waals surface area (Å²) < 4.78 is 42.8. The molecule has 6 nitrogen and oxygen atoms in total. The van der Waals surface area contributed by atoms with E-state index in [1.165, 1.54) is 24.7 Å². The van der Waals surface area contributed by atoms with E-state index >= 15 is 0 Å². The molecule has 3 heterocycles. The second-order valence-electron chi connectivity index (χ2n) is 6.75. The van der Waals surface area contributed by atoms with E-state index in [1.807, 2.05) is 28.7 Å². The molecule has 2 aromatic rings. The lowest BCUT2D eigenvalue weighted by Gasteiger charge is -2.27. The van der Waals surface area contributed by atoms with Gasteiger partial charge in [0.25, 0.3) is 0 Å². The Morgan fingerprint density at radius 1 is 1.23 bits per heavy atom. The molecular formula is C19H13ClF3IN6. The van der Waals surface area contributed by atoms with Crippen LogP contribution in [0.2, 0.25) is 5.15 Å². The van der Waals surface area contributed by atoms with Gasteiger partial charge in [0.15, 0.2) is 0 Å². The van der Waals surface area contributed by atoms with Crippen LogP contribution in [0.25, 0.3) is 0 Å². The Morgan fingerprint density at radius 2 is 2.03 bits per heavy atom. The summed E-state index contributed by atoms with van der Waals surface area (Å²) in [6, 6.07) is 8.51. The minimum absolute atomic E-state index is 0.130. The molecule has 0 radical (unpaired) electrons. The molecule has 1 N–H and O–H groups in total. The Bertz CT molecular complexity index is 1060. The van der Waals surface area contributed by atoms with Gasteiger partial charge in [0.05, 0.1) is 23.2 Å². The van der Waals surface area contributed by atoms with E-state index in [-0.39, 0.29) is 10.7 Å². The van der Waals surface area contributed by atoms with Gasteiger partial charge in [-0.3, -0.25) is 15.0 Å². The molecule has 0 spiro atoms. The van der Waals surface area contributed by atoms with Crippen molar-refractivity contribution in [3.63, 3.8) is 0 Å². The van der Waals surface area contributed by atoms with Crippen molar-refractivity contribution < 1.29 is 13.2 Å². The predicted octanol–water partition coefficient (Wildman–Crippen LogP) is 4.61. The molecule has 2 aliphatic heterocycles. The maximum absolute atomic E-state index is 14.1. The fourth-order valence-electron chi connectivity index (χ4n) is 3.68. The number of alkyl halides is 3. The number of benzene rings is 1. The maximum atomic E-state index is 14.1. The SMILES string of the molecule is N#Cc1cc(C2N=CC(c3cc(Cl)nc(I)c3)C2C(F)(F)F)ccc1N1C=NCN1. The Balaban J connectivity index is 1.72. The van der Waals surface area contributed by atoms with Crippen LogP contribution in [0.4, 0.5) is 18.9 Å². The van der Waals surface area contributed by atoms with E-state index < -0.39 is 24.1 Å². The average Bonchev–Trinajstić information content (AvgIpc) is 3.36. The summed E-state index contributed by atoms with van der Waals surface area (Å²) in [5, 5.41) is 11.2. The number of aliphatic imine (C=N–C) groups is 2. The van der Waals surface area contributed by atoms with Gasteiger partial charge >= 0.3 is 6.18 Å². The van der Waals surface area contributed by atoms with Crippen LogP contribution < -0.4 is 10.4 Å². The molecule has 1 aromatic heterocycles. The third kappa shape index (κ3) is 4.01. The molecule has 3 atom stereocenters. The highest BCUT2D eigenvalue weighted by molar-refractivity contribution is 14.1. The van der Waals surface area contributed by atoms with Gasteiger partial charge in [-0.25, -0.2) is 10.4 Å². The van der Waals surface area contributed by atoms with Crippen LogP contribution in [0.15, 0.2) is 40.3 Å². The highest BCUT2D eigenvalue weighted by Gasteiger charge is 2.52. The zero-order valence-corrected chi connectivity index (χ0v) is 18.0. The van der Waals surface area contributed by atoms with Crippen molar-refractivity contribution in [1.82, 2.24) is 10.4 Å². The number of nitriles is 1. The van der Waals surface area contributed by atoms with E-state index in [9.17, 15) is 18.4 Å². The van der Waals surface area contributed by atoms with Crippen molar-refractivity contribution in [1.29, 1.82) is 5.26 Å². The summed E-state index contributed by atoms with van der Waals surface area (Å²) in [7, 11) is 0. The summed E-state index contributed by atoms with van der Waals surface area (Å²) in [5.41, 5.74) is 4.41. The number of anilines is 1. The molecule has 4 rings (SSSR count). The van der Waals surface area contributed by atoms with Gasteiger partial charge in [0.2, 0.25) is 0 Å². The Hall–Kier alpha value is -2.23. The number of nitrogens with zero attached hydrogens (tertiary/aromatic N) is 5. The molecular weight excluding hydrogens is 532 g/mol. The van der Waals surface area contributed by atoms with Gasteiger partial charge in [0, 0.05) is 12.1 Å². The van der Waals surface area contributed by atoms with Crippen LogP contribution in [-0.2, 0) is 0 Å². The van der Waals surface area contributed by atoms with E-state index in [1.54, 1.807) is 23.2 Å². The first-order valence-electron chi connectivity index (χ1n) is 8.77. The van der Waals surface area contributed by atoms with E-state index in [4.69, 9.17) is 11.6 Å². The number of pyridine rings is 1. The monoisotopic (exact) mass is 544 g/mol. The molecule has 2 aliphatic rings. The first kappa shape index (κ1) is 21.0. The molecule has 0 saturated heterocycles. The first-order chi connectivity index (χ1) is 14.3. The average molecular weight is 545 g/mol. The maximum Gasteiger partial charge on any atom is 0.395 e. The number of hydrogen-bond acceptors (Lipinski definition) is 6. The molecule has 0 aliphatic carbocycles.